The Morgan fingerprint density at radius 2 is 1.76 bits per heavy atom. The molecule has 0 fully saturated rings. The Hall–Kier alpha value is -2.65. The average Bonchev–Trinajstić information content (AvgIpc) is 3.34. The van der Waals surface area contributed by atoms with Crippen molar-refractivity contribution in [3.05, 3.63) is 87.4 Å². The fourth-order valence-corrected chi connectivity index (χ4v) is 7.35. The van der Waals surface area contributed by atoms with Crippen molar-refractivity contribution in [3.8, 4) is 17.1 Å². The zero-order valence-electron chi connectivity index (χ0n) is 21.7. The van der Waals surface area contributed by atoms with Gasteiger partial charge >= 0.3 is 0 Å². The molecule has 1 unspecified atom stereocenters. The van der Waals surface area contributed by atoms with Gasteiger partial charge in [0.05, 0.1) is 21.9 Å². The number of nitrogens with one attached hydrogen (secondary N) is 1. The lowest BCUT2D eigenvalue weighted by Gasteiger charge is -2.14. The number of aromatic amines is 1. The molecule has 0 spiro atoms. The number of methoxy groups -OCH3 is 1. The number of nitrogens with zero attached hydrogens (tertiary/aromatic N) is 1. The highest BCUT2D eigenvalue weighted by Crippen LogP contribution is 2.42. The number of H-pyrrole nitrogens is 1. The highest BCUT2D eigenvalue weighted by Gasteiger charge is 2.21. The minimum atomic E-state index is -3.93. The van der Waals surface area contributed by atoms with Gasteiger partial charge in [-0.05, 0) is 59.9 Å². The summed E-state index contributed by atoms with van der Waals surface area (Å²) >= 11 is 13.7. The van der Waals surface area contributed by atoms with Crippen LogP contribution < -0.4 is 15.0 Å². The Bertz CT molecular complexity index is 1830. The van der Waals surface area contributed by atoms with E-state index < -0.39 is 25.9 Å². The Labute approximate surface area is 251 Å². The standard InChI is InChI=1S/C26H25Cl2FN4O5S3/c1-14(15-4-8-23(21(28)10-15)41(31,36)37)9-17-12-32-26(33-17)19-6-7-22(29)24(38-2)25(19)39-13-16-3-5-18(11-20(16)27)40(30,34)35/h3-8,10-12,14H,9,13H2,1-2H3,(H,32,33)(H2,30,34,35)(H2,31,36,37). The normalized spacial score (nSPS) is 12.9. The van der Waals surface area contributed by atoms with E-state index in [1.54, 1.807) is 30.5 Å². The van der Waals surface area contributed by atoms with E-state index in [1.165, 1.54) is 43.1 Å². The molecule has 4 aromatic rings. The van der Waals surface area contributed by atoms with Crippen LogP contribution in [0.5, 0.6) is 5.75 Å². The van der Waals surface area contributed by atoms with Crippen molar-refractivity contribution in [2.24, 2.45) is 10.3 Å². The van der Waals surface area contributed by atoms with Crippen LogP contribution >= 0.6 is 35.0 Å². The van der Waals surface area contributed by atoms with Crippen molar-refractivity contribution in [2.75, 3.05) is 7.11 Å². The van der Waals surface area contributed by atoms with Crippen LogP contribution in [0.15, 0.2) is 69.4 Å². The van der Waals surface area contributed by atoms with Crippen LogP contribution in [0.3, 0.4) is 0 Å². The lowest BCUT2D eigenvalue weighted by Crippen LogP contribution is -2.13. The first kappa shape index (κ1) is 31.3. The first-order chi connectivity index (χ1) is 19.2. The van der Waals surface area contributed by atoms with Gasteiger partial charge in [-0.25, -0.2) is 36.5 Å². The lowest BCUT2D eigenvalue weighted by atomic mass is 9.96. The van der Waals surface area contributed by atoms with Gasteiger partial charge < -0.3 is 9.72 Å². The van der Waals surface area contributed by atoms with Crippen LogP contribution in [-0.4, -0.2) is 33.9 Å². The number of hydrogen-bond acceptors (Lipinski definition) is 7. The summed E-state index contributed by atoms with van der Waals surface area (Å²) in [5.41, 5.74) is 2.79. The molecule has 3 aromatic carbocycles. The molecule has 4 rings (SSSR count). The van der Waals surface area contributed by atoms with Crippen molar-refractivity contribution < 1.29 is 26.0 Å². The van der Waals surface area contributed by atoms with E-state index in [-0.39, 0.29) is 37.3 Å². The van der Waals surface area contributed by atoms with Gasteiger partial charge in [-0.15, -0.1) is 11.8 Å². The van der Waals surface area contributed by atoms with Crippen LogP contribution in [0.2, 0.25) is 10.0 Å². The number of nitrogens with two attached hydrogens (primary N) is 2. The van der Waals surface area contributed by atoms with Gasteiger partial charge in [-0.1, -0.05) is 42.3 Å². The molecule has 0 saturated carbocycles. The number of hydrogen-bond donors (Lipinski definition) is 3. The second-order valence-electron chi connectivity index (χ2n) is 9.14. The van der Waals surface area contributed by atoms with Crippen LogP contribution in [0.4, 0.5) is 4.39 Å². The van der Waals surface area contributed by atoms with Crippen molar-refractivity contribution in [2.45, 2.75) is 39.7 Å². The molecule has 0 amide bonds. The molecule has 1 atom stereocenters. The number of primary sulfonamides is 2. The number of aromatic nitrogens is 2. The molecule has 0 aliphatic rings. The molecule has 0 aliphatic heterocycles. The summed E-state index contributed by atoms with van der Waals surface area (Å²) < 4.78 is 66.6. The molecule has 15 heteroatoms. The first-order valence-corrected chi connectivity index (χ1v) is 16.7. The summed E-state index contributed by atoms with van der Waals surface area (Å²) in [5.74, 6) is 0.159. The zero-order valence-corrected chi connectivity index (χ0v) is 25.7. The van der Waals surface area contributed by atoms with Gasteiger partial charge in [-0.2, -0.15) is 0 Å². The third-order valence-corrected chi connectivity index (χ3v) is 10.0. The molecule has 1 aromatic heterocycles. The quantitative estimate of drug-likeness (QED) is 0.191. The Morgan fingerprint density at radius 1 is 1.02 bits per heavy atom. The Morgan fingerprint density at radius 3 is 2.37 bits per heavy atom. The lowest BCUT2D eigenvalue weighted by molar-refractivity contribution is 0.376. The predicted molar refractivity (Wildman–Crippen MR) is 158 cm³/mol. The summed E-state index contributed by atoms with van der Waals surface area (Å²) in [5, 5.41) is 10.6. The van der Waals surface area contributed by atoms with E-state index >= 15 is 0 Å². The molecule has 5 N–H and O–H groups in total. The molecule has 41 heavy (non-hydrogen) atoms. The summed E-state index contributed by atoms with van der Waals surface area (Å²) in [6, 6.07) is 11.7. The van der Waals surface area contributed by atoms with E-state index in [0.29, 0.717) is 28.3 Å². The van der Waals surface area contributed by atoms with E-state index in [1.807, 2.05) is 6.92 Å². The van der Waals surface area contributed by atoms with Crippen molar-refractivity contribution in [1.29, 1.82) is 0 Å². The molecule has 218 valence electrons. The van der Waals surface area contributed by atoms with Gasteiger partial charge in [0, 0.05) is 28.2 Å². The highest BCUT2D eigenvalue weighted by molar-refractivity contribution is 7.98. The smallest absolute Gasteiger partial charge is 0.239 e. The Kier molecular flexibility index (Phi) is 9.38. The van der Waals surface area contributed by atoms with E-state index in [9.17, 15) is 21.2 Å². The molecule has 9 nitrogen and oxygen atoms in total. The number of benzene rings is 3. The molecular weight excluding hydrogens is 634 g/mol. The molecule has 0 saturated heterocycles. The molecule has 1 heterocycles. The maximum Gasteiger partial charge on any atom is 0.239 e. The number of sulfonamides is 2. The van der Waals surface area contributed by atoms with Crippen LogP contribution in [-0.2, 0) is 32.2 Å². The summed E-state index contributed by atoms with van der Waals surface area (Å²) in [4.78, 5) is 7.98. The fraction of sp³-hybridized carbons (Fsp3) is 0.192. The van der Waals surface area contributed by atoms with Gasteiger partial charge in [-0.3, -0.25) is 0 Å². The molecule has 0 aliphatic carbocycles. The van der Waals surface area contributed by atoms with Gasteiger partial charge in [0.25, 0.3) is 0 Å². The van der Waals surface area contributed by atoms with E-state index in [2.05, 4.69) is 9.97 Å². The first-order valence-electron chi connectivity index (χ1n) is 11.9. The number of halogens is 3. The summed E-state index contributed by atoms with van der Waals surface area (Å²) in [7, 11) is -6.48. The van der Waals surface area contributed by atoms with Gasteiger partial charge in [0.2, 0.25) is 20.0 Å². The number of rotatable bonds is 10. The van der Waals surface area contributed by atoms with E-state index in [0.717, 1.165) is 11.3 Å². The Balaban J connectivity index is 1.59. The van der Waals surface area contributed by atoms with Gasteiger partial charge in [0.15, 0.2) is 11.6 Å². The predicted octanol–water partition coefficient (Wildman–Crippen LogP) is 5.46. The maximum absolute atomic E-state index is 14.7. The fourth-order valence-electron chi connectivity index (χ4n) is 4.13. The van der Waals surface area contributed by atoms with Crippen molar-refractivity contribution in [1.82, 2.24) is 9.97 Å². The second kappa shape index (κ2) is 12.3. The van der Waals surface area contributed by atoms with Crippen LogP contribution in [0, 0.1) is 5.82 Å². The second-order valence-corrected chi connectivity index (χ2v) is 14.0. The number of imidazole rings is 1. The SMILES string of the molecule is COc1c(F)ccc(-c2ncc(CC(C)c3ccc(S(N)(=O)=O)c(Cl)c3)[nH]2)c1SCc1ccc(S(N)(=O)=O)cc1Cl. The highest BCUT2D eigenvalue weighted by atomic mass is 35.5. The van der Waals surface area contributed by atoms with Gasteiger partial charge in [0.1, 0.15) is 10.7 Å². The molecular formula is C26H25Cl2FN4O5S3. The molecule has 0 radical (unpaired) electrons. The monoisotopic (exact) mass is 658 g/mol. The largest absolute Gasteiger partial charge is 0.492 e. The summed E-state index contributed by atoms with van der Waals surface area (Å²) in [6.45, 7) is 1.95. The minimum absolute atomic E-state index is 0.0284. The summed E-state index contributed by atoms with van der Waals surface area (Å²) in [6.07, 6.45) is 2.18. The minimum Gasteiger partial charge on any atom is -0.492 e. The van der Waals surface area contributed by atoms with Crippen molar-refractivity contribution >= 4 is 55.0 Å². The van der Waals surface area contributed by atoms with E-state index in [4.69, 9.17) is 38.2 Å². The van der Waals surface area contributed by atoms with Crippen molar-refractivity contribution in [3.63, 3.8) is 0 Å². The third kappa shape index (κ3) is 7.23. The number of thioether (sulfide) groups is 1. The molecule has 0 bridgehead atoms. The topological polar surface area (TPSA) is 158 Å². The van der Waals surface area contributed by atoms with Crippen LogP contribution in [0.25, 0.3) is 11.4 Å². The zero-order chi connectivity index (χ0) is 30.1. The third-order valence-electron chi connectivity index (χ3n) is 6.23. The van der Waals surface area contributed by atoms with Crippen LogP contribution in [0.1, 0.15) is 29.7 Å². The average molecular weight is 660 g/mol. The maximum atomic E-state index is 14.7. The number of ether oxygens (including phenoxy) is 1.